The van der Waals surface area contributed by atoms with Crippen LogP contribution in [0.25, 0.3) is 50.4 Å². The van der Waals surface area contributed by atoms with Crippen molar-refractivity contribution in [3.05, 3.63) is 95.8 Å². The van der Waals surface area contributed by atoms with Crippen molar-refractivity contribution in [3.8, 4) is 45.2 Å². The smallest absolute Gasteiger partial charge is 0.407 e. The Labute approximate surface area is 371 Å². The number of ether oxygens (including phenoxy) is 3. The second kappa shape index (κ2) is 18.7. The van der Waals surface area contributed by atoms with Crippen molar-refractivity contribution in [2.75, 3.05) is 41.0 Å². The number of alkyl carbamates (subject to hydrolysis) is 2. The first-order chi connectivity index (χ1) is 31.0. The third-order valence-electron chi connectivity index (χ3n) is 12.2. The van der Waals surface area contributed by atoms with Gasteiger partial charge in [-0.15, -0.1) is 0 Å². The topological polar surface area (TPSA) is 189 Å². The Balaban J connectivity index is 1.11. The fraction of sp³-hybridized carbons (Fsp3) is 0.375. The van der Waals surface area contributed by atoms with Gasteiger partial charge in [0, 0.05) is 41.4 Å². The van der Waals surface area contributed by atoms with Crippen molar-refractivity contribution in [3.63, 3.8) is 0 Å². The normalized spacial score (nSPS) is 14.8. The Morgan fingerprint density at radius 1 is 0.906 bits per heavy atom. The van der Waals surface area contributed by atoms with Gasteiger partial charge in [-0.2, -0.15) is 0 Å². The molecule has 1 fully saturated rings. The molecule has 64 heavy (non-hydrogen) atoms. The van der Waals surface area contributed by atoms with Gasteiger partial charge >= 0.3 is 12.2 Å². The van der Waals surface area contributed by atoms with Crippen LogP contribution < -0.4 is 15.4 Å². The van der Waals surface area contributed by atoms with Crippen molar-refractivity contribution >= 4 is 34.9 Å². The predicted octanol–water partition coefficient (Wildman–Crippen LogP) is 7.32. The molecule has 334 valence electrons. The number of hydrogen-bond donors (Lipinski definition) is 4. The minimum Gasteiger partial charge on any atom is -0.497 e. The van der Waals surface area contributed by atoms with E-state index in [1.54, 1.807) is 16.9 Å². The molecular formula is C48H55N9O7. The largest absolute Gasteiger partial charge is 0.497 e. The van der Waals surface area contributed by atoms with E-state index < -0.39 is 18.2 Å². The summed E-state index contributed by atoms with van der Waals surface area (Å²) in [5.41, 5.74) is 10.4. The van der Waals surface area contributed by atoms with Crippen LogP contribution in [0.1, 0.15) is 68.9 Å². The number of rotatable bonds is 14. The number of nitrogens with zero attached hydrogens (tertiary/aromatic N) is 5. The minimum absolute atomic E-state index is 0.137. The lowest BCUT2D eigenvalue weighted by Gasteiger charge is -2.28. The van der Waals surface area contributed by atoms with E-state index in [4.69, 9.17) is 19.4 Å². The van der Waals surface area contributed by atoms with Gasteiger partial charge in [0.25, 0.3) is 0 Å². The van der Waals surface area contributed by atoms with Gasteiger partial charge in [-0.05, 0) is 85.0 Å². The number of nitrogens with one attached hydrogen (secondary N) is 4. The van der Waals surface area contributed by atoms with Crippen molar-refractivity contribution in [1.29, 1.82) is 0 Å². The molecule has 6 aromatic rings. The number of aromatic amines is 2. The predicted molar refractivity (Wildman–Crippen MR) is 242 cm³/mol. The molecule has 2 aliphatic rings. The zero-order valence-electron chi connectivity index (χ0n) is 37.1. The van der Waals surface area contributed by atoms with Crippen molar-refractivity contribution in [2.45, 2.75) is 71.5 Å². The molecule has 8 rings (SSSR count). The summed E-state index contributed by atoms with van der Waals surface area (Å²) in [7, 11) is 4.23. The first-order valence-corrected chi connectivity index (χ1v) is 21.8. The van der Waals surface area contributed by atoms with Crippen LogP contribution in [0.3, 0.4) is 0 Å². The van der Waals surface area contributed by atoms with E-state index >= 15 is 0 Å². The average Bonchev–Trinajstić information content (AvgIpc) is 4.15. The molecular weight excluding hydrogens is 815 g/mol. The summed E-state index contributed by atoms with van der Waals surface area (Å²) in [4.78, 5) is 70.4. The van der Waals surface area contributed by atoms with Gasteiger partial charge in [-0.25, -0.2) is 19.6 Å². The van der Waals surface area contributed by atoms with E-state index in [2.05, 4.69) is 78.4 Å². The van der Waals surface area contributed by atoms with Crippen LogP contribution in [0.15, 0.2) is 73.1 Å². The highest BCUT2D eigenvalue weighted by Gasteiger charge is 2.33. The SMILES string of the molecule is CCCN(Cc1ncc(-c2ccc3c(c2)c2c(n3-c3cccc(OC)c3)-c3ccc(-c4cnc(C5CCCN5C(=O)CNC(=O)OC)[nH]4)cc3CC2)[nH]1)C(=O)C(NC(=O)OC)C(C)C. The zero-order valence-corrected chi connectivity index (χ0v) is 37.1. The lowest BCUT2D eigenvalue weighted by molar-refractivity contribution is -0.135. The zero-order chi connectivity index (χ0) is 45.1. The molecule has 3 aromatic carbocycles. The van der Waals surface area contributed by atoms with Crippen LogP contribution in [-0.4, -0.2) is 105 Å². The molecule has 4 N–H and O–H groups in total. The quantitative estimate of drug-likeness (QED) is 0.0870. The summed E-state index contributed by atoms with van der Waals surface area (Å²) in [5.74, 6) is 1.61. The van der Waals surface area contributed by atoms with Gasteiger partial charge < -0.3 is 49.2 Å². The lowest BCUT2D eigenvalue weighted by atomic mass is 9.87. The number of methoxy groups -OCH3 is 3. The lowest BCUT2D eigenvalue weighted by Crippen LogP contribution is -2.51. The molecule has 16 heteroatoms. The molecule has 0 spiro atoms. The highest BCUT2D eigenvalue weighted by atomic mass is 16.5. The minimum atomic E-state index is -0.734. The summed E-state index contributed by atoms with van der Waals surface area (Å²) in [6, 6.07) is 20.2. The number of fused-ring (bicyclic) bond motifs is 5. The average molecular weight is 870 g/mol. The number of H-pyrrole nitrogens is 2. The van der Waals surface area contributed by atoms with E-state index in [-0.39, 0.29) is 36.9 Å². The summed E-state index contributed by atoms with van der Waals surface area (Å²) in [6.07, 6.45) is 6.36. The standard InChI is InChI=1S/C48H55N9O7/c1-7-19-55(46(59)43(28(2)3)54-48(61)64-6)27-41-49-24-37(52-41)31-15-18-39-36(22-31)35-17-13-29-21-30(14-16-34(29)44(35)57(39)32-10-8-11-33(23-32)62-4)38-25-50-45(53-38)40-12-9-20-56(40)42(58)26-51-47(60)63-5/h8,10-11,14-16,18,21-25,28,40,43H,7,9,12-13,17,19-20,26-27H2,1-6H3,(H,49,52)(H,50,53)(H,51,60)(H,54,61). The highest BCUT2D eigenvalue weighted by molar-refractivity contribution is 5.97. The van der Waals surface area contributed by atoms with Gasteiger partial charge in [0.05, 0.1) is 68.9 Å². The third-order valence-corrected chi connectivity index (χ3v) is 12.2. The first-order valence-electron chi connectivity index (χ1n) is 21.8. The molecule has 0 saturated carbocycles. The molecule has 2 atom stereocenters. The molecule has 0 bridgehead atoms. The molecule has 0 radical (unpaired) electrons. The van der Waals surface area contributed by atoms with Crippen LogP contribution >= 0.6 is 0 Å². The van der Waals surface area contributed by atoms with Crippen LogP contribution in [0, 0.1) is 5.92 Å². The van der Waals surface area contributed by atoms with E-state index in [1.807, 2.05) is 45.3 Å². The maximum absolute atomic E-state index is 13.7. The Kier molecular flexibility index (Phi) is 12.7. The Hall–Kier alpha value is -7.10. The molecule has 1 saturated heterocycles. The van der Waals surface area contributed by atoms with Crippen molar-refractivity contribution in [2.24, 2.45) is 5.92 Å². The molecule has 2 unspecified atom stereocenters. The molecule has 3 aromatic heterocycles. The number of carbonyl (C=O) groups is 4. The Morgan fingerprint density at radius 3 is 2.44 bits per heavy atom. The third kappa shape index (κ3) is 8.64. The maximum atomic E-state index is 13.7. The fourth-order valence-corrected chi connectivity index (χ4v) is 9.06. The Morgan fingerprint density at radius 2 is 1.67 bits per heavy atom. The second-order valence-corrected chi connectivity index (χ2v) is 16.6. The molecule has 16 nitrogen and oxygen atoms in total. The van der Waals surface area contributed by atoms with E-state index in [0.717, 1.165) is 94.0 Å². The number of carbonyl (C=O) groups excluding carboxylic acids is 4. The van der Waals surface area contributed by atoms with Crippen LogP contribution in [0.2, 0.25) is 0 Å². The summed E-state index contributed by atoms with van der Waals surface area (Å²) in [5, 5.41) is 6.33. The summed E-state index contributed by atoms with van der Waals surface area (Å²) >= 11 is 0. The number of benzene rings is 3. The Bertz CT molecular complexity index is 2700. The summed E-state index contributed by atoms with van der Waals surface area (Å²) in [6.45, 7) is 7.02. The number of aromatic nitrogens is 5. The number of amides is 4. The van der Waals surface area contributed by atoms with Crippen LogP contribution in [-0.2, 0) is 38.4 Å². The molecule has 4 heterocycles. The summed E-state index contributed by atoms with van der Waals surface area (Å²) < 4.78 is 17.4. The molecule has 1 aliphatic heterocycles. The first kappa shape index (κ1) is 43.5. The van der Waals surface area contributed by atoms with Gasteiger partial charge in [0.1, 0.15) is 30.0 Å². The van der Waals surface area contributed by atoms with E-state index in [9.17, 15) is 19.2 Å². The fourth-order valence-electron chi connectivity index (χ4n) is 9.06. The van der Waals surface area contributed by atoms with E-state index in [0.29, 0.717) is 18.9 Å². The molecule has 4 amide bonds. The van der Waals surface area contributed by atoms with Gasteiger partial charge in [0.2, 0.25) is 11.8 Å². The number of likely N-dealkylation sites (tertiary alicyclic amines) is 1. The van der Waals surface area contributed by atoms with Gasteiger partial charge in [-0.3, -0.25) is 9.59 Å². The number of aryl methyl sites for hydroxylation is 2. The number of hydrogen-bond acceptors (Lipinski definition) is 9. The van der Waals surface area contributed by atoms with Crippen molar-refractivity contribution in [1.82, 2.24) is 44.9 Å². The van der Waals surface area contributed by atoms with Gasteiger partial charge in [0.15, 0.2) is 0 Å². The van der Waals surface area contributed by atoms with E-state index in [1.165, 1.54) is 25.3 Å². The van der Waals surface area contributed by atoms with Crippen molar-refractivity contribution < 1.29 is 33.4 Å². The van der Waals surface area contributed by atoms with Gasteiger partial charge in [-0.1, -0.05) is 45.0 Å². The second-order valence-electron chi connectivity index (χ2n) is 16.6. The van der Waals surface area contributed by atoms with Crippen LogP contribution in [0.4, 0.5) is 9.59 Å². The van der Waals surface area contributed by atoms with Crippen LogP contribution in [0.5, 0.6) is 5.75 Å². The highest BCUT2D eigenvalue weighted by Crippen LogP contribution is 2.44. The maximum Gasteiger partial charge on any atom is 0.407 e. The monoisotopic (exact) mass is 869 g/mol. The number of imidazole rings is 2. The molecule has 1 aliphatic carbocycles.